The van der Waals surface area contributed by atoms with Gasteiger partial charge in [-0.2, -0.15) is 0 Å². The zero-order valence-electron chi connectivity index (χ0n) is 11.9. The molecule has 0 unspecified atom stereocenters. The number of benzene rings is 1. The number of imidazole rings is 1. The molecule has 0 fully saturated rings. The molecule has 3 nitrogen and oxygen atoms in total. The van der Waals surface area contributed by atoms with Gasteiger partial charge in [0.15, 0.2) is 0 Å². The summed E-state index contributed by atoms with van der Waals surface area (Å²) in [5.74, 6) is 0. The third kappa shape index (κ3) is 4.21. The Morgan fingerprint density at radius 1 is 1.32 bits per heavy atom. The van der Waals surface area contributed by atoms with E-state index in [1.165, 1.54) is 16.8 Å². The lowest BCUT2D eigenvalue weighted by molar-refractivity contribution is 0.604. The van der Waals surface area contributed by atoms with Gasteiger partial charge in [0.2, 0.25) is 0 Å². The van der Waals surface area contributed by atoms with Crippen molar-refractivity contribution < 1.29 is 0 Å². The highest BCUT2D eigenvalue weighted by Gasteiger charge is 2.02. The summed E-state index contributed by atoms with van der Waals surface area (Å²) in [5, 5.41) is 3.42. The minimum absolute atomic E-state index is 0.904. The van der Waals surface area contributed by atoms with Crippen molar-refractivity contribution in [2.75, 3.05) is 6.54 Å². The highest BCUT2D eigenvalue weighted by atomic mass is 15.1. The number of hydrogen-bond donors (Lipinski definition) is 1. The Hall–Kier alpha value is -1.61. The Kier molecular flexibility index (Phi) is 5.16. The molecule has 0 bridgehead atoms. The largest absolute Gasteiger partial charge is 0.333 e. The van der Waals surface area contributed by atoms with Gasteiger partial charge in [0.05, 0.1) is 12.0 Å². The average molecular weight is 257 g/mol. The van der Waals surface area contributed by atoms with Gasteiger partial charge in [-0.15, -0.1) is 0 Å². The summed E-state index contributed by atoms with van der Waals surface area (Å²) >= 11 is 0. The van der Waals surface area contributed by atoms with Gasteiger partial charge in [-0.1, -0.05) is 36.8 Å². The van der Waals surface area contributed by atoms with E-state index in [0.717, 1.165) is 32.5 Å². The Morgan fingerprint density at radius 2 is 2.21 bits per heavy atom. The molecule has 1 aromatic heterocycles. The van der Waals surface area contributed by atoms with Crippen molar-refractivity contribution in [3.05, 3.63) is 53.6 Å². The first kappa shape index (κ1) is 13.8. The fourth-order valence-electron chi connectivity index (χ4n) is 2.21. The Morgan fingerprint density at radius 3 is 3.00 bits per heavy atom. The third-order valence-corrected chi connectivity index (χ3v) is 3.26. The summed E-state index contributed by atoms with van der Waals surface area (Å²) < 4.78 is 2.24. The molecule has 2 aromatic rings. The van der Waals surface area contributed by atoms with Crippen LogP contribution < -0.4 is 5.32 Å². The van der Waals surface area contributed by atoms with E-state index in [1.54, 1.807) is 0 Å². The van der Waals surface area contributed by atoms with Gasteiger partial charge in [-0.3, -0.25) is 0 Å². The normalized spacial score (nSPS) is 10.8. The second-order valence-corrected chi connectivity index (χ2v) is 4.99. The van der Waals surface area contributed by atoms with Crippen molar-refractivity contribution in [2.45, 2.75) is 39.8 Å². The first-order valence-corrected chi connectivity index (χ1v) is 7.05. The smallest absolute Gasteiger partial charge is 0.0948 e. The van der Waals surface area contributed by atoms with E-state index in [0.29, 0.717) is 0 Å². The van der Waals surface area contributed by atoms with E-state index in [1.807, 2.05) is 12.5 Å². The standard InChI is InChI=1S/C16H23N3/c1-3-8-17-11-16-12-18-13-19(16)9-7-15-6-4-5-14(2)10-15/h4-6,10,12-13,17H,3,7-9,11H2,1-2H3. The van der Waals surface area contributed by atoms with Gasteiger partial charge in [-0.25, -0.2) is 4.98 Å². The number of nitrogens with one attached hydrogen (secondary N) is 1. The van der Waals surface area contributed by atoms with E-state index >= 15 is 0 Å². The first-order valence-electron chi connectivity index (χ1n) is 7.05. The molecule has 0 spiro atoms. The van der Waals surface area contributed by atoms with E-state index in [-0.39, 0.29) is 0 Å². The summed E-state index contributed by atoms with van der Waals surface area (Å²) in [6.45, 7) is 7.28. The van der Waals surface area contributed by atoms with Crippen LogP contribution in [0.4, 0.5) is 0 Å². The quantitative estimate of drug-likeness (QED) is 0.773. The van der Waals surface area contributed by atoms with E-state index < -0.39 is 0 Å². The monoisotopic (exact) mass is 257 g/mol. The van der Waals surface area contributed by atoms with Crippen LogP contribution in [0.5, 0.6) is 0 Å². The maximum atomic E-state index is 4.25. The van der Waals surface area contributed by atoms with E-state index in [2.05, 4.69) is 53.0 Å². The van der Waals surface area contributed by atoms with Crippen LogP contribution in [0.3, 0.4) is 0 Å². The summed E-state index contributed by atoms with van der Waals surface area (Å²) in [6, 6.07) is 8.72. The molecule has 1 N–H and O–H groups in total. The molecule has 0 aliphatic rings. The molecule has 0 atom stereocenters. The molecule has 0 aliphatic carbocycles. The summed E-state index contributed by atoms with van der Waals surface area (Å²) in [4.78, 5) is 4.25. The molecular weight excluding hydrogens is 234 g/mol. The SMILES string of the molecule is CCCNCc1cncn1CCc1cccc(C)c1. The van der Waals surface area contributed by atoms with Crippen LogP contribution in [-0.2, 0) is 19.5 Å². The predicted octanol–water partition coefficient (Wildman–Crippen LogP) is 2.93. The van der Waals surface area contributed by atoms with Crippen LogP contribution in [0.15, 0.2) is 36.8 Å². The second kappa shape index (κ2) is 7.10. The fourth-order valence-corrected chi connectivity index (χ4v) is 2.21. The Balaban J connectivity index is 1.90. The van der Waals surface area contributed by atoms with Crippen LogP contribution in [0.1, 0.15) is 30.2 Å². The van der Waals surface area contributed by atoms with Gasteiger partial charge in [0.25, 0.3) is 0 Å². The lowest BCUT2D eigenvalue weighted by Crippen LogP contribution is -2.17. The number of hydrogen-bond acceptors (Lipinski definition) is 2. The van der Waals surface area contributed by atoms with Crippen LogP contribution in [0.2, 0.25) is 0 Å². The molecular formula is C16H23N3. The third-order valence-electron chi connectivity index (χ3n) is 3.26. The first-order chi connectivity index (χ1) is 9.29. The maximum absolute atomic E-state index is 4.25. The number of nitrogens with zero attached hydrogens (tertiary/aromatic N) is 2. The lowest BCUT2D eigenvalue weighted by atomic mass is 10.1. The number of aromatic nitrogens is 2. The molecule has 0 saturated carbocycles. The van der Waals surface area contributed by atoms with E-state index in [4.69, 9.17) is 0 Å². The molecule has 2 rings (SSSR count). The second-order valence-electron chi connectivity index (χ2n) is 4.99. The van der Waals surface area contributed by atoms with Gasteiger partial charge in [-0.05, 0) is 31.9 Å². The molecule has 0 aliphatic heterocycles. The van der Waals surface area contributed by atoms with Crippen molar-refractivity contribution in [1.82, 2.24) is 14.9 Å². The van der Waals surface area contributed by atoms with Gasteiger partial charge < -0.3 is 9.88 Å². The van der Waals surface area contributed by atoms with Crippen LogP contribution in [0.25, 0.3) is 0 Å². The maximum Gasteiger partial charge on any atom is 0.0948 e. The molecule has 102 valence electrons. The zero-order chi connectivity index (χ0) is 13.5. The van der Waals surface area contributed by atoms with Crippen LogP contribution in [-0.4, -0.2) is 16.1 Å². The van der Waals surface area contributed by atoms with Gasteiger partial charge in [0, 0.05) is 19.3 Å². The van der Waals surface area contributed by atoms with Crippen LogP contribution in [0, 0.1) is 6.92 Å². The minimum atomic E-state index is 0.904. The summed E-state index contributed by atoms with van der Waals surface area (Å²) in [5.41, 5.74) is 3.98. The molecule has 19 heavy (non-hydrogen) atoms. The van der Waals surface area contributed by atoms with Crippen molar-refractivity contribution in [3.8, 4) is 0 Å². The van der Waals surface area contributed by atoms with Gasteiger partial charge >= 0.3 is 0 Å². The van der Waals surface area contributed by atoms with Crippen LogP contribution >= 0.6 is 0 Å². The summed E-state index contributed by atoms with van der Waals surface area (Å²) in [6.07, 6.45) is 6.11. The highest BCUT2D eigenvalue weighted by molar-refractivity contribution is 5.22. The Bertz CT molecular complexity index is 502. The molecule has 1 heterocycles. The van der Waals surface area contributed by atoms with Crippen molar-refractivity contribution in [2.24, 2.45) is 0 Å². The van der Waals surface area contributed by atoms with E-state index in [9.17, 15) is 0 Å². The minimum Gasteiger partial charge on any atom is -0.333 e. The number of aryl methyl sites for hydroxylation is 3. The zero-order valence-corrected chi connectivity index (χ0v) is 11.9. The fraction of sp³-hybridized carbons (Fsp3) is 0.438. The molecule has 3 heteroatoms. The predicted molar refractivity (Wildman–Crippen MR) is 79.1 cm³/mol. The molecule has 0 saturated heterocycles. The summed E-state index contributed by atoms with van der Waals surface area (Å²) in [7, 11) is 0. The Labute approximate surface area is 115 Å². The number of rotatable bonds is 7. The van der Waals surface area contributed by atoms with Gasteiger partial charge in [0.1, 0.15) is 0 Å². The molecule has 0 radical (unpaired) electrons. The molecule has 1 aromatic carbocycles. The highest BCUT2D eigenvalue weighted by Crippen LogP contribution is 2.07. The van der Waals surface area contributed by atoms with Crippen molar-refractivity contribution in [1.29, 1.82) is 0 Å². The topological polar surface area (TPSA) is 29.9 Å². The lowest BCUT2D eigenvalue weighted by Gasteiger charge is -2.09. The molecule has 0 amide bonds. The average Bonchev–Trinajstić information content (AvgIpc) is 2.84. The van der Waals surface area contributed by atoms with Crippen molar-refractivity contribution >= 4 is 0 Å². The van der Waals surface area contributed by atoms with Crippen molar-refractivity contribution in [3.63, 3.8) is 0 Å².